The molecule has 25 heteroatoms. The lowest BCUT2D eigenvalue weighted by molar-refractivity contribution is -0.346. The minimum absolute atomic E-state index is 0.00684. The Labute approximate surface area is 548 Å². The van der Waals surface area contributed by atoms with Crippen LogP contribution in [0.15, 0.2) is 102 Å². The van der Waals surface area contributed by atoms with Gasteiger partial charge in [0.15, 0.2) is 17.5 Å². The fourth-order valence-electron chi connectivity index (χ4n) is 13.5. The van der Waals surface area contributed by atoms with Crippen LogP contribution in [0.1, 0.15) is 140 Å². The van der Waals surface area contributed by atoms with Crippen LogP contribution in [0.25, 0.3) is 0 Å². The molecule has 94 heavy (non-hydrogen) atoms. The number of carbonyl (C=O) groups is 10. The number of nitrogens with two attached hydrogens (primary N) is 2. The minimum atomic E-state index is -2.55. The SMILES string of the molecule is CC(=O)O[C@H]1C(=O)[C@@]2(C)[C@H]([C@H](OC(=O)c3ccccc3)[C@]3(O)C[C@H](OC(=O)[C@H](OC(=O)N(C)CCN(C)C(=O)[C@H](CCCCN)NC(=O)[C@H](CC(C)C)NC(=O)[C@H](N)C(C)C)[C@@H](NC(=O)c4ccccc4)c4ccccc4)C(C)=C1C3(C)C)[C@]1(OC(C)=O)CO[C@@H]1C[C@@H]2O. The Morgan fingerprint density at radius 1 is 0.755 bits per heavy atom. The molecule has 4 aliphatic rings. The lowest BCUT2D eigenvalue weighted by Gasteiger charge is -2.67. The Balaban J connectivity index is 1.29. The van der Waals surface area contributed by atoms with Crippen LogP contribution in [0.2, 0.25) is 0 Å². The van der Waals surface area contributed by atoms with E-state index in [2.05, 4.69) is 16.0 Å². The van der Waals surface area contributed by atoms with Gasteiger partial charge in [-0.2, -0.15) is 0 Å². The van der Waals surface area contributed by atoms with Crippen LogP contribution in [-0.2, 0) is 62.0 Å². The number of carbonyl (C=O) groups excluding carboxylic acids is 10. The van der Waals surface area contributed by atoms with E-state index in [1.165, 1.54) is 71.0 Å². The second-order valence-corrected chi connectivity index (χ2v) is 26.7. The third-order valence-electron chi connectivity index (χ3n) is 19.1. The van der Waals surface area contributed by atoms with Gasteiger partial charge in [0.1, 0.15) is 42.0 Å². The summed E-state index contributed by atoms with van der Waals surface area (Å²) in [6, 6.07) is 19.2. The smallest absolute Gasteiger partial charge is 0.410 e. The molecule has 0 unspecified atom stereocenters. The summed E-state index contributed by atoms with van der Waals surface area (Å²) in [5.74, 6) is -9.34. The molecule has 3 fully saturated rings. The number of amides is 5. The topological polar surface area (TPSA) is 361 Å². The molecule has 3 aromatic carbocycles. The van der Waals surface area contributed by atoms with Crippen molar-refractivity contribution < 1.29 is 86.6 Å². The maximum atomic E-state index is 16.0. The first-order valence-corrected chi connectivity index (χ1v) is 32.0. The number of benzene rings is 3. The first-order valence-electron chi connectivity index (χ1n) is 32.0. The molecular formula is C69H93N7O18. The van der Waals surface area contributed by atoms with Crippen LogP contribution < -0.4 is 27.4 Å². The normalized spacial score (nSPS) is 25.9. The number of hydrogen-bond acceptors (Lipinski definition) is 20. The molecule has 5 amide bonds. The highest BCUT2D eigenvalue weighted by molar-refractivity contribution is 5.97. The van der Waals surface area contributed by atoms with Crippen molar-refractivity contribution >= 4 is 59.4 Å². The van der Waals surface area contributed by atoms with Crippen LogP contribution in [0.4, 0.5) is 4.79 Å². The van der Waals surface area contributed by atoms with Gasteiger partial charge in [-0.3, -0.25) is 33.6 Å². The molecule has 2 saturated carbocycles. The van der Waals surface area contributed by atoms with Crippen molar-refractivity contribution in [2.24, 2.45) is 40.1 Å². The van der Waals surface area contributed by atoms with E-state index in [1.807, 2.05) is 13.8 Å². The van der Waals surface area contributed by atoms with Crippen molar-refractivity contribution in [1.29, 1.82) is 0 Å². The maximum Gasteiger partial charge on any atom is 0.410 e. The number of nitrogens with one attached hydrogen (secondary N) is 3. The molecule has 0 spiro atoms. The van der Waals surface area contributed by atoms with E-state index in [0.29, 0.717) is 19.4 Å². The molecule has 1 saturated heterocycles. The Hall–Kier alpha value is -8.10. The highest BCUT2D eigenvalue weighted by Gasteiger charge is 2.78. The van der Waals surface area contributed by atoms with Crippen LogP contribution in [-0.4, -0.2) is 186 Å². The van der Waals surface area contributed by atoms with E-state index >= 15 is 9.59 Å². The quantitative estimate of drug-likeness (QED) is 0.0253. The molecule has 9 N–H and O–H groups in total. The third kappa shape index (κ3) is 15.5. The number of Topliss-reactive ketones (excluding diaryl/α,β-unsaturated/α-hetero) is 1. The Morgan fingerprint density at radius 3 is 1.89 bits per heavy atom. The van der Waals surface area contributed by atoms with E-state index in [1.54, 1.807) is 80.6 Å². The lowest BCUT2D eigenvalue weighted by Crippen LogP contribution is -2.82. The van der Waals surface area contributed by atoms with Crippen molar-refractivity contribution in [2.45, 2.75) is 180 Å². The summed E-state index contributed by atoms with van der Waals surface area (Å²) in [6.45, 7) is 14.9. The zero-order valence-electron chi connectivity index (χ0n) is 55.7. The monoisotopic (exact) mass is 1310 g/mol. The highest BCUT2D eigenvalue weighted by atomic mass is 16.6. The standard InChI is InChI=1S/C69H93N7O18/c1-38(2)34-47(73-61(83)52(71)39(3)4)60(82)72-46(30-22-23-31-70)62(84)75(11)32-33-76(12)65(87)92-55(53(43-24-16-13-17-25-43)74-59(81)44-26-18-14-19-27-44)64(86)91-48-36-69(88)58(93-63(85)45-28-20-15-21-29-45)56-67(10,49(79)35-50-68(56,37-89-50)94-42(7)78)57(80)54(90-41(6)77)51(40(48)5)66(69,8)9/h13-21,24-29,38-39,46-50,52-56,58,79,88H,22-23,30-37,70-71H2,1-12H3,(H,72,82)(H,73,83)(H,74,81)/t46-,47-,48-,49-,50+,52+,53-,54+,55+,56-,58-,67+,68-,69+/m0/s1. The first kappa shape index (κ1) is 73.3. The van der Waals surface area contributed by atoms with E-state index in [4.69, 9.17) is 39.9 Å². The Bertz CT molecular complexity index is 3290. The van der Waals surface area contributed by atoms with Crippen molar-refractivity contribution in [1.82, 2.24) is 25.8 Å². The summed E-state index contributed by atoms with van der Waals surface area (Å²) in [7, 11) is 2.81. The molecule has 1 aliphatic heterocycles. The Kier molecular flexibility index (Phi) is 23.8. The first-order chi connectivity index (χ1) is 44.2. The Morgan fingerprint density at radius 2 is 1.34 bits per heavy atom. The predicted molar refractivity (Wildman–Crippen MR) is 341 cm³/mol. The molecule has 512 valence electrons. The fourth-order valence-corrected chi connectivity index (χ4v) is 13.5. The molecule has 1 heterocycles. The number of rotatable bonds is 26. The average Bonchev–Trinajstić information content (AvgIpc) is 0.670. The summed E-state index contributed by atoms with van der Waals surface area (Å²) in [4.78, 5) is 146. The van der Waals surface area contributed by atoms with Crippen molar-refractivity contribution in [3.63, 3.8) is 0 Å². The number of likely N-dealkylation sites (N-methyl/N-ethyl adjacent to an activating group) is 2. The van der Waals surface area contributed by atoms with Gasteiger partial charge in [-0.1, -0.05) is 108 Å². The van der Waals surface area contributed by atoms with Crippen LogP contribution in [0.5, 0.6) is 0 Å². The largest absolute Gasteiger partial charge is 0.455 e. The van der Waals surface area contributed by atoms with Crippen LogP contribution in [0, 0.1) is 28.6 Å². The predicted octanol–water partition coefficient (Wildman–Crippen LogP) is 4.40. The van der Waals surface area contributed by atoms with Gasteiger partial charge in [-0.05, 0) is 98.9 Å². The minimum Gasteiger partial charge on any atom is -0.455 e. The summed E-state index contributed by atoms with van der Waals surface area (Å²) >= 11 is 0. The molecule has 0 radical (unpaired) electrons. The van der Waals surface area contributed by atoms with E-state index in [-0.39, 0.29) is 78.6 Å². The van der Waals surface area contributed by atoms with Crippen molar-refractivity contribution in [3.05, 3.63) is 119 Å². The van der Waals surface area contributed by atoms with Crippen LogP contribution >= 0.6 is 0 Å². The molecule has 0 aromatic heterocycles. The number of esters is 4. The zero-order chi connectivity index (χ0) is 69.4. The number of unbranched alkanes of at least 4 members (excludes halogenated alkanes) is 1. The summed E-state index contributed by atoms with van der Waals surface area (Å²) in [5, 5.41) is 35.0. The molecule has 3 aliphatic carbocycles. The summed E-state index contributed by atoms with van der Waals surface area (Å²) < 4.78 is 37.4. The number of aliphatic hydroxyl groups is 2. The average molecular weight is 1310 g/mol. The molecule has 7 rings (SSSR count). The molecule has 14 atom stereocenters. The van der Waals surface area contributed by atoms with Crippen molar-refractivity contribution in [3.8, 4) is 0 Å². The second-order valence-electron chi connectivity index (χ2n) is 26.7. The van der Waals surface area contributed by atoms with Crippen LogP contribution in [0.3, 0.4) is 0 Å². The molecular weight excluding hydrogens is 1210 g/mol. The van der Waals surface area contributed by atoms with Gasteiger partial charge < -0.3 is 75.9 Å². The van der Waals surface area contributed by atoms with Gasteiger partial charge in [-0.15, -0.1) is 0 Å². The van der Waals surface area contributed by atoms with Gasteiger partial charge in [0.05, 0.1) is 35.6 Å². The molecule has 2 bridgehead atoms. The number of ketones is 1. The highest BCUT2D eigenvalue weighted by Crippen LogP contribution is 2.64. The number of ether oxygens (including phenoxy) is 6. The second kappa shape index (κ2) is 30.5. The third-order valence-corrected chi connectivity index (χ3v) is 19.1. The van der Waals surface area contributed by atoms with E-state index < -0.39 is 155 Å². The zero-order valence-corrected chi connectivity index (χ0v) is 55.7. The van der Waals surface area contributed by atoms with Crippen molar-refractivity contribution in [2.75, 3.05) is 40.3 Å². The summed E-state index contributed by atoms with van der Waals surface area (Å²) in [5.41, 5.74) is 3.92. The van der Waals surface area contributed by atoms with Gasteiger partial charge in [0.25, 0.3) is 5.91 Å². The van der Waals surface area contributed by atoms with Gasteiger partial charge in [-0.25, -0.2) is 14.4 Å². The number of aliphatic hydroxyl groups excluding tert-OH is 1. The lowest BCUT2D eigenvalue weighted by atomic mass is 9.44. The van der Waals surface area contributed by atoms with Gasteiger partial charge >= 0.3 is 30.0 Å². The molecule has 3 aromatic rings. The number of hydrogen-bond donors (Lipinski definition) is 7. The van der Waals surface area contributed by atoms with E-state index in [0.717, 1.165) is 18.7 Å². The van der Waals surface area contributed by atoms with Gasteiger partial charge in [0, 0.05) is 64.9 Å². The number of nitrogens with zero attached hydrogens (tertiary/aromatic N) is 2. The van der Waals surface area contributed by atoms with Gasteiger partial charge in [0.2, 0.25) is 23.8 Å². The fraction of sp³-hybridized carbons (Fsp3) is 0.565. The van der Waals surface area contributed by atoms with E-state index in [9.17, 15) is 48.6 Å². The number of fused-ring (bicyclic) bond motifs is 5. The summed E-state index contributed by atoms with van der Waals surface area (Å²) in [6.07, 6.45) is -11.2. The maximum absolute atomic E-state index is 16.0. The molecule has 25 nitrogen and oxygen atoms in total.